The molecular weight excluding hydrogens is 336 g/mol. The number of nitrogens with zero attached hydrogens (tertiary/aromatic N) is 4. The molecule has 1 saturated heterocycles. The maximum absolute atomic E-state index is 13.5. The van der Waals surface area contributed by atoms with Gasteiger partial charge in [-0.2, -0.15) is 0 Å². The molecule has 2 aromatic carbocycles. The zero-order valence-electron chi connectivity index (χ0n) is 15.6. The van der Waals surface area contributed by atoms with Crippen molar-refractivity contribution in [2.75, 3.05) is 6.54 Å². The number of carbonyl (C=O) groups is 1. The van der Waals surface area contributed by atoms with Crippen LogP contribution < -0.4 is 0 Å². The smallest absolute Gasteiger partial charge is 0.256 e. The first-order chi connectivity index (χ1) is 13.1. The fraction of sp³-hybridized carbons (Fsp3) is 0.273. The molecule has 0 radical (unpaired) electrons. The van der Waals surface area contributed by atoms with Gasteiger partial charge in [0.25, 0.3) is 5.91 Å². The maximum atomic E-state index is 13.5. The summed E-state index contributed by atoms with van der Waals surface area (Å²) in [6.07, 6.45) is 3.91. The third kappa shape index (κ3) is 2.38. The van der Waals surface area contributed by atoms with E-state index < -0.39 is 0 Å². The number of fused-ring (bicyclic) bond motifs is 2. The van der Waals surface area contributed by atoms with Crippen LogP contribution in [0.15, 0.2) is 54.7 Å². The van der Waals surface area contributed by atoms with E-state index >= 15 is 0 Å². The molecule has 1 aliphatic heterocycles. The van der Waals surface area contributed by atoms with E-state index in [2.05, 4.69) is 16.7 Å². The number of likely N-dealkylation sites (tertiary alicyclic amines) is 1. The molecule has 0 unspecified atom stereocenters. The third-order valence-electron chi connectivity index (χ3n) is 5.76. The van der Waals surface area contributed by atoms with E-state index in [-0.39, 0.29) is 11.9 Å². The van der Waals surface area contributed by atoms with E-state index in [1.807, 2.05) is 66.2 Å². The fourth-order valence-corrected chi connectivity index (χ4v) is 4.41. The standard InChI is InChI=1S/C22H22N4O/c1-24-14-16(15-8-3-5-10-18(15)24)22(27)26-13-7-12-20(26)21-23-17-9-4-6-11-19(17)25(21)2/h3-6,8-11,14,20H,7,12-13H2,1-2H3/t20-/m1/s1. The molecule has 5 rings (SSSR count). The maximum Gasteiger partial charge on any atom is 0.256 e. The average Bonchev–Trinajstić information content (AvgIpc) is 3.38. The van der Waals surface area contributed by atoms with Gasteiger partial charge >= 0.3 is 0 Å². The van der Waals surface area contributed by atoms with E-state index in [1.54, 1.807) is 0 Å². The van der Waals surface area contributed by atoms with Crippen LogP contribution in [0.5, 0.6) is 0 Å². The third-order valence-corrected chi connectivity index (χ3v) is 5.76. The second kappa shape index (κ2) is 5.98. The highest BCUT2D eigenvalue weighted by Crippen LogP contribution is 2.35. The summed E-state index contributed by atoms with van der Waals surface area (Å²) in [7, 11) is 4.04. The van der Waals surface area contributed by atoms with Gasteiger partial charge in [0.2, 0.25) is 0 Å². The Bertz CT molecular complexity index is 1170. The average molecular weight is 358 g/mol. The second-order valence-electron chi connectivity index (χ2n) is 7.35. The molecule has 1 amide bonds. The summed E-state index contributed by atoms with van der Waals surface area (Å²) < 4.78 is 4.16. The number of carbonyl (C=O) groups excluding carboxylic acids is 1. The minimum absolute atomic E-state index is 0.0221. The number of aryl methyl sites for hydroxylation is 2. The molecule has 0 saturated carbocycles. The number of rotatable bonds is 2. The predicted molar refractivity (Wildman–Crippen MR) is 107 cm³/mol. The lowest BCUT2D eigenvalue weighted by Crippen LogP contribution is -2.31. The zero-order chi connectivity index (χ0) is 18.5. The molecule has 136 valence electrons. The molecule has 3 heterocycles. The lowest BCUT2D eigenvalue weighted by atomic mass is 10.1. The predicted octanol–water partition coefficient (Wildman–Crippen LogP) is 4.04. The quantitative estimate of drug-likeness (QED) is 0.543. The van der Waals surface area contributed by atoms with Crippen LogP contribution in [0.25, 0.3) is 21.9 Å². The van der Waals surface area contributed by atoms with Gasteiger partial charge in [0.1, 0.15) is 5.82 Å². The van der Waals surface area contributed by atoms with Crippen molar-refractivity contribution in [3.05, 3.63) is 66.1 Å². The Morgan fingerprint density at radius 3 is 2.59 bits per heavy atom. The van der Waals surface area contributed by atoms with Gasteiger partial charge in [0.15, 0.2) is 0 Å². The Labute approximate surface area is 157 Å². The monoisotopic (exact) mass is 358 g/mol. The lowest BCUT2D eigenvalue weighted by Gasteiger charge is -2.24. The number of amides is 1. The van der Waals surface area contributed by atoms with Gasteiger partial charge < -0.3 is 14.0 Å². The van der Waals surface area contributed by atoms with Crippen LogP contribution in [0.3, 0.4) is 0 Å². The van der Waals surface area contributed by atoms with Crippen molar-refractivity contribution in [1.82, 2.24) is 19.0 Å². The van der Waals surface area contributed by atoms with Gasteiger partial charge in [-0.05, 0) is 31.0 Å². The number of imidazole rings is 1. The van der Waals surface area contributed by atoms with Gasteiger partial charge in [0, 0.05) is 37.7 Å². The van der Waals surface area contributed by atoms with Crippen LogP contribution in [-0.4, -0.2) is 31.5 Å². The van der Waals surface area contributed by atoms with E-state index in [0.717, 1.165) is 52.7 Å². The molecule has 0 spiro atoms. The van der Waals surface area contributed by atoms with Crippen molar-refractivity contribution in [3.8, 4) is 0 Å². The molecule has 0 N–H and O–H groups in total. The minimum Gasteiger partial charge on any atom is -0.350 e. The molecule has 27 heavy (non-hydrogen) atoms. The molecule has 5 nitrogen and oxygen atoms in total. The van der Waals surface area contributed by atoms with Crippen LogP contribution in [0.1, 0.15) is 35.1 Å². The van der Waals surface area contributed by atoms with Crippen molar-refractivity contribution in [2.24, 2.45) is 14.1 Å². The summed E-state index contributed by atoms with van der Waals surface area (Å²) in [4.78, 5) is 20.3. The van der Waals surface area contributed by atoms with E-state index in [9.17, 15) is 4.79 Å². The Balaban J connectivity index is 1.57. The van der Waals surface area contributed by atoms with Crippen molar-refractivity contribution < 1.29 is 4.79 Å². The Morgan fingerprint density at radius 2 is 1.78 bits per heavy atom. The first kappa shape index (κ1) is 16.1. The Hall–Kier alpha value is -3.08. The number of para-hydroxylation sites is 3. The molecule has 0 aliphatic carbocycles. The van der Waals surface area contributed by atoms with Crippen molar-refractivity contribution in [3.63, 3.8) is 0 Å². The lowest BCUT2D eigenvalue weighted by molar-refractivity contribution is 0.0730. The summed E-state index contributed by atoms with van der Waals surface area (Å²) in [6.45, 7) is 0.774. The normalized spacial score (nSPS) is 17.3. The first-order valence-corrected chi connectivity index (χ1v) is 9.41. The fourth-order valence-electron chi connectivity index (χ4n) is 4.41. The number of hydrogen-bond acceptors (Lipinski definition) is 2. The molecule has 5 heteroatoms. The van der Waals surface area contributed by atoms with E-state index in [1.165, 1.54) is 0 Å². The summed E-state index contributed by atoms with van der Waals surface area (Å²) >= 11 is 0. The molecule has 2 aromatic heterocycles. The van der Waals surface area contributed by atoms with Gasteiger partial charge in [-0.3, -0.25) is 4.79 Å². The van der Waals surface area contributed by atoms with E-state index in [4.69, 9.17) is 4.98 Å². The minimum atomic E-state index is 0.0221. The van der Waals surface area contributed by atoms with E-state index in [0.29, 0.717) is 0 Å². The highest BCUT2D eigenvalue weighted by Gasteiger charge is 2.34. The zero-order valence-corrected chi connectivity index (χ0v) is 15.6. The summed E-state index contributed by atoms with van der Waals surface area (Å²) in [5.41, 5.74) is 3.95. The van der Waals surface area contributed by atoms with Gasteiger partial charge in [0.05, 0.1) is 22.6 Å². The SMILES string of the molecule is Cn1cc(C(=O)N2CCC[C@@H]2c2nc3ccccc3n2C)c2ccccc21. The molecule has 1 fully saturated rings. The molecular formula is C22H22N4O. The molecule has 1 aliphatic rings. The summed E-state index contributed by atoms with van der Waals surface area (Å²) in [5, 5.41) is 1.01. The highest BCUT2D eigenvalue weighted by atomic mass is 16.2. The number of benzene rings is 2. The van der Waals surface area contributed by atoms with Crippen molar-refractivity contribution in [2.45, 2.75) is 18.9 Å². The second-order valence-corrected chi connectivity index (χ2v) is 7.35. The van der Waals surface area contributed by atoms with Crippen LogP contribution in [0, 0.1) is 0 Å². The van der Waals surface area contributed by atoms with Crippen molar-refractivity contribution >= 4 is 27.8 Å². The number of aromatic nitrogens is 3. The number of hydrogen-bond donors (Lipinski definition) is 0. The van der Waals surface area contributed by atoms with Gasteiger partial charge in [-0.25, -0.2) is 4.98 Å². The molecule has 1 atom stereocenters. The molecule has 4 aromatic rings. The first-order valence-electron chi connectivity index (χ1n) is 9.41. The Morgan fingerprint density at radius 1 is 1.04 bits per heavy atom. The highest BCUT2D eigenvalue weighted by molar-refractivity contribution is 6.07. The van der Waals surface area contributed by atoms with Crippen molar-refractivity contribution in [1.29, 1.82) is 0 Å². The largest absolute Gasteiger partial charge is 0.350 e. The summed E-state index contributed by atoms with van der Waals surface area (Å²) in [6, 6.07) is 16.3. The van der Waals surface area contributed by atoms with Gasteiger partial charge in [-0.15, -0.1) is 0 Å². The van der Waals surface area contributed by atoms with Crippen LogP contribution in [-0.2, 0) is 14.1 Å². The summed E-state index contributed by atoms with van der Waals surface area (Å²) in [5.74, 6) is 1.07. The topological polar surface area (TPSA) is 43.1 Å². The van der Waals surface area contributed by atoms with Crippen LogP contribution in [0.2, 0.25) is 0 Å². The Kier molecular flexibility index (Phi) is 3.57. The van der Waals surface area contributed by atoms with Gasteiger partial charge in [-0.1, -0.05) is 30.3 Å². The van der Waals surface area contributed by atoms with Crippen LogP contribution in [0.4, 0.5) is 0 Å². The van der Waals surface area contributed by atoms with Crippen LogP contribution >= 0.6 is 0 Å². The molecule has 0 bridgehead atoms.